The maximum atomic E-state index is 11.3. The summed E-state index contributed by atoms with van der Waals surface area (Å²) in [6.45, 7) is 4.39. The molecule has 2 N–H and O–H groups in total. The molecule has 0 radical (unpaired) electrons. The Morgan fingerprint density at radius 3 is 2.47 bits per heavy atom. The second-order valence-corrected chi connectivity index (χ2v) is 2.98. The van der Waals surface area contributed by atoms with Crippen LogP contribution in [0.3, 0.4) is 0 Å². The molecule has 0 bridgehead atoms. The number of amides is 1. The molecule has 0 aliphatic carbocycles. The Hall–Kier alpha value is -0.810. The fourth-order valence-corrected chi connectivity index (χ4v) is 0.944. The van der Waals surface area contributed by atoms with Crippen LogP contribution in [0.25, 0.3) is 0 Å². The van der Waals surface area contributed by atoms with Gasteiger partial charge in [-0.3, -0.25) is 9.59 Å². The molecule has 0 rings (SSSR count). The first-order valence-corrected chi connectivity index (χ1v) is 4.69. The summed E-state index contributed by atoms with van der Waals surface area (Å²) < 4.78 is 4.66. The lowest BCUT2D eigenvalue weighted by Crippen LogP contribution is -2.37. The van der Waals surface area contributed by atoms with Gasteiger partial charge in [0, 0.05) is 12.5 Å². The fourth-order valence-electron chi connectivity index (χ4n) is 0.944. The molecule has 0 saturated heterocycles. The van der Waals surface area contributed by atoms with Crippen molar-refractivity contribution in [2.24, 2.45) is 5.92 Å². The van der Waals surface area contributed by atoms with Crippen LogP contribution in [0.5, 0.6) is 0 Å². The number of ether oxygens (including phenoxy) is 1. The number of hydrogen-bond donors (Lipinski definition) is 2. The zero-order valence-corrected chi connectivity index (χ0v) is 10.1. The lowest BCUT2D eigenvalue weighted by molar-refractivity contribution is -0.143. The van der Waals surface area contributed by atoms with Crippen LogP contribution >= 0.6 is 12.4 Å². The first kappa shape index (κ1) is 16.6. The second kappa shape index (κ2) is 9.73. The Labute approximate surface area is 96.3 Å². The zero-order chi connectivity index (χ0) is 11.0. The van der Waals surface area contributed by atoms with Crippen molar-refractivity contribution in [2.75, 3.05) is 26.7 Å². The molecule has 90 valence electrons. The van der Waals surface area contributed by atoms with Crippen molar-refractivity contribution < 1.29 is 14.3 Å². The summed E-state index contributed by atoms with van der Waals surface area (Å²) >= 11 is 0. The van der Waals surface area contributed by atoms with E-state index in [0.29, 0.717) is 13.2 Å². The van der Waals surface area contributed by atoms with E-state index < -0.39 is 5.97 Å². The van der Waals surface area contributed by atoms with E-state index >= 15 is 0 Å². The molecule has 0 aliphatic heterocycles. The van der Waals surface area contributed by atoms with Gasteiger partial charge in [-0.2, -0.15) is 0 Å². The van der Waals surface area contributed by atoms with Crippen molar-refractivity contribution >= 4 is 24.3 Å². The number of nitrogens with one attached hydrogen (secondary N) is 2. The Balaban J connectivity index is 0. The second-order valence-electron chi connectivity index (χ2n) is 2.98. The van der Waals surface area contributed by atoms with E-state index in [4.69, 9.17) is 0 Å². The van der Waals surface area contributed by atoms with E-state index in [2.05, 4.69) is 15.4 Å². The van der Waals surface area contributed by atoms with E-state index in [1.54, 1.807) is 20.9 Å². The smallest absolute Gasteiger partial charge is 0.325 e. The number of hydrogen-bond acceptors (Lipinski definition) is 4. The summed E-state index contributed by atoms with van der Waals surface area (Å²) in [5.74, 6) is -0.695. The van der Waals surface area contributed by atoms with Gasteiger partial charge in [0.15, 0.2) is 0 Å². The van der Waals surface area contributed by atoms with E-state index in [9.17, 15) is 9.59 Å². The third-order valence-corrected chi connectivity index (χ3v) is 1.67. The maximum Gasteiger partial charge on any atom is 0.325 e. The predicted molar refractivity (Wildman–Crippen MR) is 60.0 cm³/mol. The van der Waals surface area contributed by atoms with Crippen LogP contribution < -0.4 is 10.6 Å². The van der Waals surface area contributed by atoms with Crippen molar-refractivity contribution in [1.29, 1.82) is 0 Å². The SMILES string of the molecule is CCOC(=O)CNC(=O)C(C)CNC.Cl. The molecule has 0 heterocycles. The molecular weight excluding hydrogens is 220 g/mol. The molecule has 0 fully saturated rings. The quantitative estimate of drug-likeness (QED) is 0.637. The highest BCUT2D eigenvalue weighted by Crippen LogP contribution is 1.91. The van der Waals surface area contributed by atoms with Gasteiger partial charge in [0.25, 0.3) is 0 Å². The van der Waals surface area contributed by atoms with Crippen LogP contribution in [0.15, 0.2) is 0 Å². The summed E-state index contributed by atoms with van der Waals surface area (Å²) in [6.07, 6.45) is 0. The first-order valence-electron chi connectivity index (χ1n) is 4.69. The highest BCUT2D eigenvalue weighted by Gasteiger charge is 2.12. The molecule has 6 heteroatoms. The lowest BCUT2D eigenvalue weighted by Gasteiger charge is -2.10. The van der Waals surface area contributed by atoms with Gasteiger partial charge in [0.05, 0.1) is 6.61 Å². The summed E-state index contributed by atoms with van der Waals surface area (Å²) in [4.78, 5) is 22.2. The molecule has 1 unspecified atom stereocenters. The molecule has 0 aliphatic rings. The highest BCUT2D eigenvalue weighted by molar-refractivity contribution is 5.85. The molecule has 0 saturated carbocycles. The molecule has 0 aromatic rings. The van der Waals surface area contributed by atoms with E-state index in [1.165, 1.54) is 0 Å². The largest absolute Gasteiger partial charge is 0.465 e. The van der Waals surface area contributed by atoms with Gasteiger partial charge in [0.1, 0.15) is 6.54 Å². The van der Waals surface area contributed by atoms with Crippen LogP contribution in [0, 0.1) is 5.92 Å². The molecule has 5 nitrogen and oxygen atoms in total. The third kappa shape index (κ3) is 8.20. The fraction of sp³-hybridized carbons (Fsp3) is 0.778. The zero-order valence-electron chi connectivity index (χ0n) is 9.33. The van der Waals surface area contributed by atoms with Crippen LogP contribution in [-0.4, -0.2) is 38.6 Å². The van der Waals surface area contributed by atoms with E-state index in [-0.39, 0.29) is 30.8 Å². The van der Waals surface area contributed by atoms with Gasteiger partial charge < -0.3 is 15.4 Å². The van der Waals surface area contributed by atoms with Gasteiger partial charge in [0.2, 0.25) is 5.91 Å². The Kier molecular flexibility index (Phi) is 10.8. The Bertz CT molecular complexity index is 200. The minimum atomic E-state index is -0.405. The van der Waals surface area contributed by atoms with Gasteiger partial charge in [-0.05, 0) is 14.0 Å². The molecular formula is C9H19ClN2O3. The van der Waals surface area contributed by atoms with Gasteiger partial charge in [-0.1, -0.05) is 6.92 Å². The van der Waals surface area contributed by atoms with Crippen molar-refractivity contribution in [3.8, 4) is 0 Å². The Morgan fingerprint density at radius 1 is 1.40 bits per heavy atom. The number of rotatable bonds is 6. The van der Waals surface area contributed by atoms with Crippen molar-refractivity contribution in [2.45, 2.75) is 13.8 Å². The first-order chi connectivity index (χ1) is 6.61. The summed E-state index contributed by atoms with van der Waals surface area (Å²) in [5.41, 5.74) is 0. The van der Waals surface area contributed by atoms with Gasteiger partial charge in [-0.25, -0.2) is 0 Å². The number of halogens is 1. The maximum absolute atomic E-state index is 11.3. The number of esters is 1. The third-order valence-electron chi connectivity index (χ3n) is 1.67. The average Bonchev–Trinajstić information content (AvgIpc) is 2.15. The Morgan fingerprint density at radius 2 is 2.00 bits per heavy atom. The van der Waals surface area contributed by atoms with Gasteiger partial charge >= 0.3 is 5.97 Å². The number of carbonyl (C=O) groups excluding carboxylic acids is 2. The van der Waals surface area contributed by atoms with Crippen molar-refractivity contribution in [3.05, 3.63) is 0 Å². The average molecular weight is 239 g/mol. The normalized spacial score (nSPS) is 11.1. The minimum Gasteiger partial charge on any atom is -0.465 e. The highest BCUT2D eigenvalue weighted by atomic mass is 35.5. The van der Waals surface area contributed by atoms with Crippen LogP contribution in [-0.2, 0) is 14.3 Å². The van der Waals surface area contributed by atoms with Crippen molar-refractivity contribution in [1.82, 2.24) is 10.6 Å². The summed E-state index contributed by atoms with van der Waals surface area (Å²) in [7, 11) is 1.77. The minimum absolute atomic E-state index is 0. The lowest BCUT2D eigenvalue weighted by atomic mass is 10.1. The van der Waals surface area contributed by atoms with Crippen LogP contribution in [0.4, 0.5) is 0 Å². The van der Waals surface area contributed by atoms with Crippen LogP contribution in [0.2, 0.25) is 0 Å². The van der Waals surface area contributed by atoms with E-state index in [1.807, 2.05) is 0 Å². The molecule has 0 aromatic carbocycles. The summed E-state index contributed by atoms with van der Waals surface area (Å²) in [6, 6.07) is 0. The molecule has 0 spiro atoms. The van der Waals surface area contributed by atoms with E-state index in [0.717, 1.165) is 0 Å². The topological polar surface area (TPSA) is 67.4 Å². The summed E-state index contributed by atoms with van der Waals surface area (Å²) in [5, 5.41) is 5.38. The van der Waals surface area contributed by atoms with Crippen LogP contribution in [0.1, 0.15) is 13.8 Å². The number of carbonyl (C=O) groups is 2. The molecule has 1 atom stereocenters. The van der Waals surface area contributed by atoms with Gasteiger partial charge in [-0.15, -0.1) is 12.4 Å². The molecule has 15 heavy (non-hydrogen) atoms. The monoisotopic (exact) mass is 238 g/mol. The van der Waals surface area contributed by atoms with Crippen molar-refractivity contribution in [3.63, 3.8) is 0 Å². The molecule has 1 amide bonds. The standard InChI is InChI=1S/C9H18N2O3.ClH/c1-4-14-8(12)6-11-9(13)7(2)5-10-3;/h7,10H,4-6H2,1-3H3,(H,11,13);1H. The predicted octanol–water partition coefficient (Wildman–Crippen LogP) is -0.0570. The molecule has 0 aromatic heterocycles.